The monoisotopic (exact) mass is 712 g/mol. The molecular weight excluding hydrogens is 656 g/mol. The number of nitrogens with one attached hydrogen (secondary N) is 2. The van der Waals surface area contributed by atoms with E-state index < -0.39 is 0 Å². The van der Waals surface area contributed by atoms with E-state index >= 15 is 0 Å². The first-order chi connectivity index (χ1) is 25.2. The summed E-state index contributed by atoms with van der Waals surface area (Å²) in [6.07, 6.45) is 7.95. The number of fused-ring (bicyclic) bond motifs is 1. The van der Waals surface area contributed by atoms with Crippen molar-refractivity contribution in [2.24, 2.45) is 5.92 Å². The van der Waals surface area contributed by atoms with Gasteiger partial charge in [-0.05, 0) is 113 Å². The summed E-state index contributed by atoms with van der Waals surface area (Å²) in [7, 11) is 2.16. The molecule has 2 fully saturated rings. The first-order valence-electron chi connectivity index (χ1n) is 19.2. The molecule has 2 aliphatic heterocycles. The number of likely N-dealkylation sites (tertiary alicyclic amines) is 1. The zero-order valence-corrected chi connectivity index (χ0v) is 30.9. The molecule has 0 radical (unpaired) electrons. The second-order valence-corrected chi connectivity index (χ2v) is 15.0. The van der Waals surface area contributed by atoms with Crippen LogP contribution in [0.1, 0.15) is 74.1 Å². The Morgan fingerprint density at radius 3 is 2.50 bits per heavy atom. The highest BCUT2D eigenvalue weighted by Gasteiger charge is 2.39. The molecule has 2 amide bonds. The summed E-state index contributed by atoms with van der Waals surface area (Å²) >= 11 is 0. The maximum absolute atomic E-state index is 13.6. The molecule has 4 N–H and O–H groups in total. The number of benzene rings is 3. The van der Waals surface area contributed by atoms with Crippen molar-refractivity contribution in [2.45, 2.75) is 76.2 Å². The Morgan fingerprint density at radius 1 is 0.981 bits per heavy atom. The average molecular weight is 713 g/mol. The van der Waals surface area contributed by atoms with Crippen LogP contribution in [0.2, 0.25) is 0 Å². The minimum Gasteiger partial charge on any atom is -0.508 e. The quantitative estimate of drug-likeness (QED) is 0.118. The van der Waals surface area contributed by atoms with E-state index in [1.54, 1.807) is 6.07 Å². The van der Waals surface area contributed by atoms with Gasteiger partial charge in [-0.25, -0.2) is 0 Å². The molecule has 3 aromatic carbocycles. The lowest BCUT2D eigenvalue weighted by Crippen LogP contribution is -2.45. The number of anilines is 1. The third-order valence-corrected chi connectivity index (χ3v) is 11.4. The minimum absolute atomic E-state index is 0.00560. The normalized spacial score (nSPS) is 20.1. The maximum atomic E-state index is 13.6. The Bertz CT molecular complexity index is 1650. The van der Waals surface area contributed by atoms with Crippen LogP contribution in [0, 0.1) is 5.92 Å². The van der Waals surface area contributed by atoms with Crippen LogP contribution >= 0.6 is 0 Å². The van der Waals surface area contributed by atoms with E-state index in [1.165, 1.54) is 5.56 Å². The van der Waals surface area contributed by atoms with Gasteiger partial charge in [-0.2, -0.15) is 0 Å². The van der Waals surface area contributed by atoms with Crippen molar-refractivity contribution in [1.29, 1.82) is 0 Å². The second kappa shape index (κ2) is 17.6. The van der Waals surface area contributed by atoms with E-state index in [0.29, 0.717) is 75.2 Å². The van der Waals surface area contributed by atoms with Crippen molar-refractivity contribution >= 4 is 17.5 Å². The summed E-state index contributed by atoms with van der Waals surface area (Å²) in [5.74, 6) is 1.41. The molecule has 52 heavy (non-hydrogen) atoms. The first-order valence-corrected chi connectivity index (χ1v) is 19.2. The highest BCUT2D eigenvalue weighted by Crippen LogP contribution is 2.45. The van der Waals surface area contributed by atoms with Crippen LogP contribution in [0.25, 0.3) is 0 Å². The molecule has 3 aliphatic rings. The van der Waals surface area contributed by atoms with Gasteiger partial charge in [-0.1, -0.05) is 55.5 Å². The Morgan fingerprint density at radius 2 is 1.73 bits per heavy atom. The van der Waals surface area contributed by atoms with Gasteiger partial charge in [-0.3, -0.25) is 9.59 Å². The van der Waals surface area contributed by atoms with Crippen molar-refractivity contribution in [2.75, 3.05) is 64.9 Å². The minimum atomic E-state index is -0.281. The Labute approximate surface area is 308 Å². The van der Waals surface area contributed by atoms with E-state index in [2.05, 4.69) is 64.7 Å². The fraction of sp³-hybridized carbons (Fsp3) is 0.524. The van der Waals surface area contributed by atoms with E-state index in [9.17, 15) is 19.8 Å². The third kappa shape index (κ3) is 9.08. The van der Waals surface area contributed by atoms with Crippen LogP contribution in [0.3, 0.4) is 0 Å². The van der Waals surface area contributed by atoms with Crippen LogP contribution < -0.4 is 15.4 Å². The SMILES string of the molecule is CC1CCC(N(CCNCCc2ccc(O)c3c2OCC(=O)N3)C(=O)CCOCCc2ccc(O)c(C3(c4ccccc4)CCN(C)CC3)c2)CC1. The fourth-order valence-electron chi connectivity index (χ4n) is 8.21. The molecule has 0 spiro atoms. The number of ether oxygens (including phenoxy) is 2. The number of piperidine rings is 1. The van der Waals surface area contributed by atoms with Crippen molar-refractivity contribution in [3.8, 4) is 17.2 Å². The standard InChI is InChI=1S/C42H56N4O6/c1-30-8-12-34(13-9-30)46(25-22-43-21-16-32-11-15-37(48)40-41(32)52-29-38(49)44-40)39(50)18-27-51-26-17-31-10-14-36(47)35(28-31)42(19-23-45(2)24-20-42)33-6-4-3-5-7-33/h3-7,10-11,14-15,28,30,34,43,47-48H,8-9,12-13,16-27,29H2,1-2H3,(H,44,49). The number of hydrogen-bond donors (Lipinski definition) is 4. The zero-order valence-electron chi connectivity index (χ0n) is 30.9. The van der Waals surface area contributed by atoms with Gasteiger partial charge in [0.2, 0.25) is 5.91 Å². The maximum Gasteiger partial charge on any atom is 0.262 e. The number of carbonyl (C=O) groups excluding carboxylic acids is 2. The Hall–Kier alpha value is -4.12. The molecule has 10 nitrogen and oxygen atoms in total. The van der Waals surface area contributed by atoms with Crippen LogP contribution in [-0.2, 0) is 32.6 Å². The van der Waals surface area contributed by atoms with Crippen molar-refractivity contribution in [3.05, 3.63) is 82.9 Å². The summed E-state index contributed by atoms with van der Waals surface area (Å²) in [5, 5.41) is 27.4. The van der Waals surface area contributed by atoms with Crippen LogP contribution in [0.15, 0.2) is 60.7 Å². The summed E-state index contributed by atoms with van der Waals surface area (Å²) in [5.41, 5.74) is 4.38. The molecule has 6 rings (SSSR count). The molecule has 2 heterocycles. The number of phenolic OH excluding ortho intramolecular Hbond substituents is 2. The van der Waals surface area contributed by atoms with Crippen LogP contribution in [-0.4, -0.2) is 97.5 Å². The highest BCUT2D eigenvalue weighted by atomic mass is 16.5. The van der Waals surface area contributed by atoms with Gasteiger partial charge in [0.25, 0.3) is 5.91 Å². The molecule has 0 bridgehead atoms. The number of phenols is 2. The van der Waals surface area contributed by atoms with Crippen molar-refractivity contribution in [3.63, 3.8) is 0 Å². The van der Waals surface area contributed by atoms with Crippen LogP contribution in [0.5, 0.6) is 17.2 Å². The highest BCUT2D eigenvalue weighted by molar-refractivity contribution is 5.97. The van der Waals surface area contributed by atoms with Gasteiger partial charge < -0.3 is 40.1 Å². The predicted octanol–water partition coefficient (Wildman–Crippen LogP) is 5.63. The Balaban J connectivity index is 0.997. The van der Waals surface area contributed by atoms with E-state index in [4.69, 9.17) is 9.47 Å². The molecule has 0 atom stereocenters. The number of hydrogen-bond acceptors (Lipinski definition) is 8. The number of aromatic hydroxyl groups is 2. The van der Waals surface area contributed by atoms with Gasteiger partial charge in [0.15, 0.2) is 12.4 Å². The lowest BCUT2D eigenvalue weighted by atomic mass is 9.67. The summed E-state index contributed by atoms with van der Waals surface area (Å²) in [4.78, 5) is 29.8. The van der Waals surface area contributed by atoms with Gasteiger partial charge in [0, 0.05) is 30.1 Å². The molecule has 3 aromatic rings. The molecule has 1 saturated heterocycles. The van der Waals surface area contributed by atoms with E-state index in [0.717, 1.165) is 68.3 Å². The van der Waals surface area contributed by atoms with E-state index in [1.807, 2.05) is 24.3 Å². The lowest BCUT2D eigenvalue weighted by Gasteiger charge is -2.42. The summed E-state index contributed by atoms with van der Waals surface area (Å²) in [6.45, 7) is 7.03. The van der Waals surface area contributed by atoms with Gasteiger partial charge in [0.1, 0.15) is 17.2 Å². The molecule has 1 aliphatic carbocycles. The van der Waals surface area contributed by atoms with Gasteiger partial charge in [-0.15, -0.1) is 0 Å². The number of amides is 2. The molecular formula is C42H56N4O6. The van der Waals surface area contributed by atoms with Crippen molar-refractivity contribution < 1.29 is 29.3 Å². The third-order valence-electron chi connectivity index (χ3n) is 11.4. The molecule has 280 valence electrons. The first kappa shape index (κ1) is 37.6. The average Bonchev–Trinajstić information content (AvgIpc) is 3.16. The Kier molecular flexibility index (Phi) is 12.7. The second-order valence-electron chi connectivity index (χ2n) is 15.0. The summed E-state index contributed by atoms with van der Waals surface area (Å²) < 4.78 is 11.7. The predicted molar refractivity (Wildman–Crippen MR) is 203 cm³/mol. The summed E-state index contributed by atoms with van der Waals surface area (Å²) in [6, 6.07) is 20.2. The zero-order chi connectivity index (χ0) is 36.5. The topological polar surface area (TPSA) is 124 Å². The van der Waals surface area contributed by atoms with Gasteiger partial charge in [0.05, 0.1) is 19.6 Å². The van der Waals surface area contributed by atoms with Crippen molar-refractivity contribution in [1.82, 2.24) is 15.1 Å². The number of nitrogens with zero attached hydrogens (tertiary/aromatic N) is 2. The molecule has 0 unspecified atom stereocenters. The molecule has 1 saturated carbocycles. The smallest absolute Gasteiger partial charge is 0.262 e. The largest absolute Gasteiger partial charge is 0.508 e. The number of carbonyl (C=O) groups is 2. The van der Waals surface area contributed by atoms with E-state index in [-0.39, 0.29) is 35.6 Å². The lowest BCUT2D eigenvalue weighted by molar-refractivity contribution is -0.135. The molecule has 10 heteroatoms. The van der Waals surface area contributed by atoms with Crippen LogP contribution in [0.4, 0.5) is 5.69 Å². The van der Waals surface area contributed by atoms with Gasteiger partial charge >= 0.3 is 0 Å². The molecule has 0 aromatic heterocycles. The fourth-order valence-corrected chi connectivity index (χ4v) is 8.21. The number of rotatable bonds is 15.